The minimum Gasteiger partial charge on any atom is -0.496 e. The summed E-state index contributed by atoms with van der Waals surface area (Å²) in [7, 11) is 1.59. The Morgan fingerprint density at radius 3 is 2.83 bits per heavy atom. The third-order valence-corrected chi connectivity index (χ3v) is 3.10. The van der Waals surface area contributed by atoms with Gasteiger partial charge in [0.25, 0.3) is 0 Å². The summed E-state index contributed by atoms with van der Waals surface area (Å²) in [6.07, 6.45) is 0. The molecule has 0 aliphatic heterocycles. The summed E-state index contributed by atoms with van der Waals surface area (Å²) in [5.74, 6) is 0.527. The highest BCUT2D eigenvalue weighted by Crippen LogP contribution is 2.37. The fourth-order valence-electron chi connectivity index (χ4n) is 1.57. The number of aromatic nitrogens is 1. The van der Waals surface area contributed by atoms with E-state index >= 15 is 0 Å². The van der Waals surface area contributed by atoms with Gasteiger partial charge in [0.05, 0.1) is 7.11 Å². The van der Waals surface area contributed by atoms with Crippen molar-refractivity contribution in [3.05, 3.63) is 24.3 Å². The lowest BCUT2D eigenvalue weighted by atomic mass is 10.1. The van der Waals surface area contributed by atoms with Gasteiger partial charge >= 0.3 is 0 Å². The Morgan fingerprint density at radius 2 is 2.17 bits per heavy atom. The molecule has 2 aromatic rings. The summed E-state index contributed by atoms with van der Waals surface area (Å²) >= 11 is 1.24. The first-order valence-corrected chi connectivity index (χ1v) is 6.10. The van der Waals surface area contributed by atoms with Crippen molar-refractivity contribution >= 4 is 27.4 Å². The molecule has 0 atom stereocenters. The van der Waals surface area contributed by atoms with Gasteiger partial charge in [-0.1, -0.05) is 23.5 Å². The monoisotopic (exact) mass is 263 g/mol. The van der Waals surface area contributed by atoms with Crippen molar-refractivity contribution < 1.29 is 9.53 Å². The standard InChI is InChI=1S/C12H13N3O2S/c1-7(16)14-12-15-10(11(13)18-12)8-5-3-4-6-9(8)17-2/h3-6H,13H2,1-2H3,(H,14,15,16). The summed E-state index contributed by atoms with van der Waals surface area (Å²) < 4.78 is 5.27. The van der Waals surface area contributed by atoms with Gasteiger partial charge in [0.15, 0.2) is 5.13 Å². The average molecular weight is 263 g/mol. The molecule has 0 aliphatic carbocycles. The van der Waals surface area contributed by atoms with Crippen LogP contribution in [-0.2, 0) is 4.79 Å². The number of nitrogens with one attached hydrogen (secondary N) is 1. The molecule has 1 aromatic carbocycles. The zero-order valence-corrected chi connectivity index (χ0v) is 10.9. The van der Waals surface area contributed by atoms with Crippen LogP contribution in [0.5, 0.6) is 5.75 Å². The Labute approximate surface area is 109 Å². The number of carbonyl (C=O) groups excluding carboxylic acids is 1. The molecule has 0 spiro atoms. The molecule has 6 heteroatoms. The maximum Gasteiger partial charge on any atom is 0.223 e. The van der Waals surface area contributed by atoms with Crippen LogP contribution >= 0.6 is 11.3 Å². The number of hydrogen-bond donors (Lipinski definition) is 2. The summed E-state index contributed by atoms with van der Waals surface area (Å²) in [4.78, 5) is 15.3. The number of benzene rings is 1. The van der Waals surface area contributed by atoms with E-state index in [1.807, 2.05) is 24.3 Å². The van der Waals surface area contributed by atoms with E-state index < -0.39 is 0 Å². The first-order chi connectivity index (χ1) is 8.61. The van der Waals surface area contributed by atoms with Crippen molar-refractivity contribution in [3.8, 4) is 17.0 Å². The lowest BCUT2D eigenvalue weighted by molar-refractivity contribution is -0.114. The zero-order chi connectivity index (χ0) is 13.1. The van der Waals surface area contributed by atoms with Gasteiger partial charge in [0.1, 0.15) is 16.4 Å². The van der Waals surface area contributed by atoms with E-state index in [-0.39, 0.29) is 5.91 Å². The molecule has 0 saturated heterocycles. The molecule has 2 rings (SSSR count). The van der Waals surface area contributed by atoms with E-state index in [2.05, 4.69) is 10.3 Å². The molecule has 1 amide bonds. The average Bonchev–Trinajstić information content (AvgIpc) is 2.69. The molecule has 3 N–H and O–H groups in total. The van der Waals surface area contributed by atoms with E-state index in [1.54, 1.807) is 7.11 Å². The van der Waals surface area contributed by atoms with Crippen molar-refractivity contribution in [2.75, 3.05) is 18.2 Å². The fraction of sp³-hybridized carbons (Fsp3) is 0.167. The van der Waals surface area contributed by atoms with Gasteiger partial charge in [-0.3, -0.25) is 4.79 Å². The highest BCUT2D eigenvalue weighted by Gasteiger charge is 2.14. The maximum absolute atomic E-state index is 11.0. The number of ether oxygens (including phenoxy) is 1. The molecule has 1 heterocycles. The third-order valence-electron chi connectivity index (χ3n) is 2.30. The van der Waals surface area contributed by atoms with Gasteiger partial charge in [-0.05, 0) is 12.1 Å². The van der Waals surface area contributed by atoms with Crippen LogP contribution in [0.2, 0.25) is 0 Å². The Bertz CT molecular complexity index is 580. The Balaban J connectivity index is 2.44. The second kappa shape index (κ2) is 5.05. The molecule has 1 aromatic heterocycles. The summed E-state index contributed by atoms with van der Waals surface area (Å²) in [5.41, 5.74) is 7.36. The number of nitrogens with two attached hydrogens (primary N) is 1. The molecule has 0 fully saturated rings. The van der Waals surface area contributed by atoms with Crippen LogP contribution in [0.4, 0.5) is 10.1 Å². The number of para-hydroxylation sites is 1. The zero-order valence-electron chi connectivity index (χ0n) is 10.1. The van der Waals surface area contributed by atoms with E-state index in [9.17, 15) is 4.79 Å². The van der Waals surface area contributed by atoms with Crippen molar-refractivity contribution in [1.29, 1.82) is 0 Å². The van der Waals surface area contributed by atoms with E-state index in [0.717, 1.165) is 5.56 Å². The number of nitrogens with zero attached hydrogens (tertiary/aromatic N) is 1. The number of carbonyl (C=O) groups is 1. The SMILES string of the molecule is COc1ccccc1-c1nc(NC(C)=O)sc1N. The number of methoxy groups -OCH3 is 1. The van der Waals surface area contributed by atoms with Crippen LogP contribution in [-0.4, -0.2) is 18.0 Å². The predicted octanol–water partition coefficient (Wildman–Crippen LogP) is 2.36. The van der Waals surface area contributed by atoms with Crippen molar-refractivity contribution in [3.63, 3.8) is 0 Å². The minimum absolute atomic E-state index is 0.171. The molecule has 0 unspecified atom stereocenters. The maximum atomic E-state index is 11.0. The second-order valence-electron chi connectivity index (χ2n) is 3.61. The molecule has 0 bridgehead atoms. The Kier molecular flexibility index (Phi) is 3.47. The minimum atomic E-state index is -0.171. The van der Waals surface area contributed by atoms with Crippen molar-refractivity contribution in [1.82, 2.24) is 4.98 Å². The number of nitrogen functional groups attached to an aromatic ring is 1. The smallest absolute Gasteiger partial charge is 0.223 e. The number of thiazole rings is 1. The highest BCUT2D eigenvalue weighted by atomic mass is 32.1. The quantitative estimate of drug-likeness (QED) is 0.891. The van der Waals surface area contributed by atoms with Gasteiger partial charge in [-0.15, -0.1) is 0 Å². The van der Waals surface area contributed by atoms with Crippen molar-refractivity contribution in [2.24, 2.45) is 0 Å². The first-order valence-electron chi connectivity index (χ1n) is 5.29. The van der Waals surface area contributed by atoms with Gasteiger partial charge in [-0.2, -0.15) is 0 Å². The van der Waals surface area contributed by atoms with Gasteiger partial charge in [-0.25, -0.2) is 4.98 Å². The van der Waals surface area contributed by atoms with Gasteiger partial charge in [0, 0.05) is 12.5 Å². The molecule has 0 saturated carbocycles. The third kappa shape index (κ3) is 2.43. The predicted molar refractivity (Wildman–Crippen MR) is 72.8 cm³/mol. The Morgan fingerprint density at radius 1 is 1.44 bits per heavy atom. The number of amides is 1. The molecule has 94 valence electrons. The molecular formula is C12H13N3O2S. The van der Waals surface area contributed by atoms with E-state index in [0.29, 0.717) is 21.6 Å². The topological polar surface area (TPSA) is 77.2 Å². The van der Waals surface area contributed by atoms with Crippen LogP contribution < -0.4 is 15.8 Å². The number of hydrogen-bond acceptors (Lipinski definition) is 5. The molecule has 0 radical (unpaired) electrons. The summed E-state index contributed by atoms with van der Waals surface area (Å²) in [6, 6.07) is 7.47. The largest absolute Gasteiger partial charge is 0.496 e. The van der Waals surface area contributed by atoms with Crippen LogP contribution in [0.3, 0.4) is 0 Å². The van der Waals surface area contributed by atoms with E-state index in [1.165, 1.54) is 18.3 Å². The fourth-order valence-corrected chi connectivity index (χ4v) is 2.36. The van der Waals surface area contributed by atoms with Crippen molar-refractivity contribution in [2.45, 2.75) is 6.92 Å². The van der Waals surface area contributed by atoms with Gasteiger partial charge < -0.3 is 15.8 Å². The molecule has 0 aliphatic rings. The summed E-state index contributed by atoms with van der Waals surface area (Å²) in [5, 5.41) is 3.65. The molecule has 5 nitrogen and oxygen atoms in total. The van der Waals surface area contributed by atoms with Crippen LogP contribution in [0, 0.1) is 0 Å². The second-order valence-corrected chi connectivity index (χ2v) is 4.64. The van der Waals surface area contributed by atoms with Crippen LogP contribution in [0.1, 0.15) is 6.92 Å². The highest BCUT2D eigenvalue weighted by molar-refractivity contribution is 7.20. The number of rotatable bonds is 3. The number of anilines is 2. The first kappa shape index (κ1) is 12.4. The molecular weight excluding hydrogens is 250 g/mol. The van der Waals surface area contributed by atoms with E-state index in [4.69, 9.17) is 10.5 Å². The lowest BCUT2D eigenvalue weighted by Gasteiger charge is -2.05. The van der Waals surface area contributed by atoms with Crippen LogP contribution in [0.15, 0.2) is 24.3 Å². The van der Waals surface area contributed by atoms with Gasteiger partial charge in [0.2, 0.25) is 5.91 Å². The van der Waals surface area contributed by atoms with Crippen LogP contribution in [0.25, 0.3) is 11.3 Å². The Hall–Kier alpha value is -2.08. The summed E-state index contributed by atoms with van der Waals surface area (Å²) in [6.45, 7) is 1.43. The lowest BCUT2D eigenvalue weighted by Crippen LogP contribution is -2.04. The molecule has 18 heavy (non-hydrogen) atoms. The normalized spacial score (nSPS) is 10.1.